The molecule has 2 rings (SSSR count). The lowest BCUT2D eigenvalue weighted by Gasteiger charge is -2.21. The van der Waals surface area contributed by atoms with Crippen LogP contribution in [0.4, 0.5) is 0 Å². The van der Waals surface area contributed by atoms with Crippen molar-refractivity contribution in [1.29, 1.82) is 0 Å². The van der Waals surface area contributed by atoms with E-state index < -0.39 is 0 Å². The van der Waals surface area contributed by atoms with Crippen molar-refractivity contribution in [3.63, 3.8) is 0 Å². The van der Waals surface area contributed by atoms with E-state index in [1.54, 1.807) is 0 Å². The first-order valence-electron chi connectivity index (χ1n) is 8.14. The molecule has 2 heteroatoms. The Bertz CT molecular complexity index is 467. The van der Waals surface area contributed by atoms with Crippen LogP contribution in [-0.4, -0.2) is 30.8 Å². The van der Waals surface area contributed by atoms with Crippen LogP contribution in [0.1, 0.15) is 51.5 Å². The predicted molar refractivity (Wildman–Crippen MR) is 96.0 cm³/mol. The molecule has 1 aromatic rings. The van der Waals surface area contributed by atoms with Crippen LogP contribution >= 0.6 is 11.8 Å². The summed E-state index contributed by atoms with van der Waals surface area (Å²) in [5.41, 5.74) is 4.23. The van der Waals surface area contributed by atoms with Crippen molar-refractivity contribution in [1.82, 2.24) is 4.90 Å². The summed E-state index contributed by atoms with van der Waals surface area (Å²) in [6, 6.07) is 9.20. The van der Waals surface area contributed by atoms with E-state index in [2.05, 4.69) is 68.9 Å². The fourth-order valence-electron chi connectivity index (χ4n) is 3.00. The second-order valence-corrected chi connectivity index (χ2v) is 7.92. The van der Waals surface area contributed by atoms with Gasteiger partial charge in [0.15, 0.2) is 0 Å². The average molecular weight is 304 g/mol. The van der Waals surface area contributed by atoms with Gasteiger partial charge in [-0.05, 0) is 64.1 Å². The highest BCUT2D eigenvalue weighted by Crippen LogP contribution is 2.34. The molecular formula is C19H29NS. The van der Waals surface area contributed by atoms with E-state index >= 15 is 0 Å². The molecule has 1 aromatic carbocycles. The molecular weight excluding hydrogens is 274 g/mol. The molecule has 1 fully saturated rings. The number of benzene rings is 1. The summed E-state index contributed by atoms with van der Waals surface area (Å²) < 4.78 is 0. The third-order valence-corrected chi connectivity index (χ3v) is 5.68. The summed E-state index contributed by atoms with van der Waals surface area (Å²) in [7, 11) is 4.25. The molecule has 1 nitrogen and oxygen atoms in total. The summed E-state index contributed by atoms with van der Waals surface area (Å²) in [6.45, 7) is 5.51. The van der Waals surface area contributed by atoms with Gasteiger partial charge in [0.25, 0.3) is 0 Å². The highest BCUT2D eigenvalue weighted by molar-refractivity contribution is 8.00. The fraction of sp³-hybridized carbons (Fsp3) is 0.579. The molecule has 1 aliphatic carbocycles. The Morgan fingerprint density at radius 3 is 2.24 bits per heavy atom. The van der Waals surface area contributed by atoms with Crippen molar-refractivity contribution in [3.8, 4) is 0 Å². The lowest BCUT2D eigenvalue weighted by atomic mass is 10.0. The van der Waals surface area contributed by atoms with Crippen LogP contribution in [0, 0.1) is 0 Å². The van der Waals surface area contributed by atoms with Crippen molar-refractivity contribution in [2.75, 3.05) is 20.6 Å². The second kappa shape index (κ2) is 8.05. The van der Waals surface area contributed by atoms with Crippen molar-refractivity contribution in [3.05, 3.63) is 35.4 Å². The van der Waals surface area contributed by atoms with Gasteiger partial charge in [0.05, 0.1) is 0 Å². The number of hydrogen-bond acceptors (Lipinski definition) is 2. The van der Waals surface area contributed by atoms with Crippen molar-refractivity contribution >= 4 is 17.3 Å². The maximum atomic E-state index is 2.31. The number of thioether (sulfide) groups is 1. The van der Waals surface area contributed by atoms with Gasteiger partial charge in [-0.3, -0.25) is 0 Å². The summed E-state index contributed by atoms with van der Waals surface area (Å²) in [5, 5.41) is 0.844. The van der Waals surface area contributed by atoms with Crippen LogP contribution < -0.4 is 0 Å². The topological polar surface area (TPSA) is 3.24 Å². The molecule has 0 aromatic heterocycles. The highest BCUT2D eigenvalue weighted by Gasteiger charge is 2.14. The Morgan fingerprint density at radius 2 is 1.67 bits per heavy atom. The molecule has 0 saturated heterocycles. The minimum absolute atomic E-state index is 0.844. The van der Waals surface area contributed by atoms with Gasteiger partial charge in [0, 0.05) is 16.7 Å². The predicted octanol–water partition coefficient (Wildman–Crippen LogP) is 5.47. The Labute approximate surface area is 134 Å². The van der Waals surface area contributed by atoms with E-state index in [4.69, 9.17) is 0 Å². The van der Waals surface area contributed by atoms with Gasteiger partial charge in [-0.25, -0.2) is 0 Å². The van der Waals surface area contributed by atoms with Crippen LogP contribution in [0.2, 0.25) is 0 Å². The monoisotopic (exact) mass is 303 g/mol. The van der Waals surface area contributed by atoms with Crippen LogP contribution in [0.3, 0.4) is 0 Å². The number of likely N-dealkylation sites (N-methyl/N-ethyl adjacent to an activating group) is 1. The molecule has 21 heavy (non-hydrogen) atoms. The Morgan fingerprint density at radius 1 is 1.05 bits per heavy atom. The molecule has 116 valence electrons. The smallest absolute Gasteiger partial charge is 0.0189 e. The molecule has 0 heterocycles. The van der Waals surface area contributed by atoms with E-state index in [1.165, 1.54) is 53.7 Å². The molecule has 0 amide bonds. The number of allylic oxidation sites excluding steroid dienone is 1. The first-order valence-corrected chi connectivity index (χ1v) is 9.02. The zero-order valence-corrected chi connectivity index (χ0v) is 14.8. The highest BCUT2D eigenvalue weighted by atomic mass is 32.2. The van der Waals surface area contributed by atoms with Crippen molar-refractivity contribution in [2.24, 2.45) is 0 Å². The Kier molecular flexibility index (Phi) is 6.38. The molecule has 0 unspecified atom stereocenters. The maximum Gasteiger partial charge on any atom is 0.0189 e. The minimum Gasteiger partial charge on any atom is -0.305 e. The molecule has 1 saturated carbocycles. The van der Waals surface area contributed by atoms with E-state index in [0.717, 1.165) is 11.8 Å². The van der Waals surface area contributed by atoms with Gasteiger partial charge in [-0.1, -0.05) is 37.0 Å². The molecule has 0 radical (unpaired) electrons. The number of rotatable bonds is 5. The number of hydrogen-bond donors (Lipinski definition) is 0. The zero-order valence-electron chi connectivity index (χ0n) is 14.0. The van der Waals surface area contributed by atoms with Crippen molar-refractivity contribution in [2.45, 2.75) is 56.1 Å². The van der Waals surface area contributed by atoms with Gasteiger partial charge >= 0.3 is 0 Å². The fourth-order valence-corrected chi connectivity index (χ4v) is 4.25. The van der Waals surface area contributed by atoms with Gasteiger partial charge in [0.1, 0.15) is 0 Å². The molecule has 0 spiro atoms. The lowest BCUT2D eigenvalue weighted by Crippen LogP contribution is -2.14. The zero-order chi connectivity index (χ0) is 15.2. The van der Waals surface area contributed by atoms with Crippen LogP contribution in [0.25, 0.3) is 5.57 Å². The van der Waals surface area contributed by atoms with E-state index in [-0.39, 0.29) is 0 Å². The van der Waals surface area contributed by atoms with E-state index in [0.29, 0.717) is 0 Å². The van der Waals surface area contributed by atoms with Gasteiger partial charge < -0.3 is 4.90 Å². The minimum atomic E-state index is 0.844. The van der Waals surface area contributed by atoms with E-state index in [1.807, 2.05) is 0 Å². The summed E-state index contributed by atoms with van der Waals surface area (Å²) in [4.78, 5) is 3.66. The SMILES string of the molecule is CC(CN(C)C)=C(C)c1ccc(SC2CCCCC2)cc1. The Balaban J connectivity index is 2.00. The lowest BCUT2D eigenvalue weighted by molar-refractivity contribution is 0.446. The summed E-state index contributed by atoms with van der Waals surface area (Å²) in [6.07, 6.45) is 7.06. The van der Waals surface area contributed by atoms with Gasteiger partial charge in [-0.2, -0.15) is 0 Å². The first kappa shape index (κ1) is 16.6. The van der Waals surface area contributed by atoms with Crippen LogP contribution in [0.15, 0.2) is 34.7 Å². The van der Waals surface area contributed by atoms with E-state index in [9.17, 15) is 0 Å². The van der Waals surface area contributed by atoms with Crippen molar-refractivity contribution < 1.29 is 0 Å². The second-order valence-electron chi connectivity index (χ2n) is 6.55. The molecule has 0 N–H and O–H groups in total. The average Bonchev–Trinajstić information content (AvgIpc) is 2.47. The van der Waals surface area contributed by atoms with Gasteiger partial charge in [-0.15, -0.1) is 11.8 Å². The standard InChI is InChI=1S/C19H29NS/c1-15(14-20(3)4)16(2)17-10-12-19(13-11-17)21-18-8-6-5-7-9-18/h10-13,18H,5-9,14H2,1-4H3. The van der Waals surface area contributed by atoms with Gasteiger partial charge in [0.2, 0.25) is 0 Å². The summed E-state index contributed by atoms with van der Waals surface area (Å²) in [5.74, 6) is 0. The maximum absolute atomic E-state index is 2.31. The third kappa shape index (κ3) is 5.19. The van der Waals surface area contributed by atoms with Crippen LogP contribution in [-0.2, 0) is 0 Å². The Hall–Kier alpha value is -0.730. The molecule has 0 atom stereocenters. The third-order valence-electron chi connectivity index (χ3n) is 4.34. The molecule has 1 aliphatic rings. The quantitative estimate of drug-likeness (QED) is 0.710. The first-order chi connectivity index (χ1) is 10.1. The van der Waals surface area contributed by atoms with Crippen LogP contribution in [0.5, 0.6) is 0 Å². The largest absolute Gasteiger partial charge is 0.305 e. The summed E-state index contributed by atoms with van der Waals surface area (Å²) >= 11 is 2.08. The molecule has 0 bridgehead atoms. The number of nitrogens with zero attached hydrogens (tertiary/aromatic N) is 1. The molecule has 0 aliphatic heterocycles. The normalized spacial score (nSPS) is 18.0.